The monoisotopic (exact) mass is 235 g/mol. The predicted molar refractivity (Wildman–Crippen MR) is 73.6 cm³/mol. The van der Waals surface area contributed by atoms with E-state index in [-0.39, 0.29) is 6.10 Å². The highest BCUT2D eigenvalue weighted by molar-refractivity contribution is 5.29. The van der Waals surface area contributed by atoms with Gasteiger partial charge in [0.25, 0.3) is 0 Å². The van der Waals surface area contributed by atoms with Crippen molar-refractivity contribution < 1.29 is 4.74 Å². The molecule has 0 heterocycles. The summed E-state index contributed by atoms with van der Waals surface area (Å²) in [5, 5.41) is 3.51. The van der Waals surface area contributed by atoms with Gasteiger partial charge in [-0.15, -0.1) is 0 Å². The zero-order valence-corrected chi connectivity index (χ0v) is 11.7. The van der Waals surface area contributed by atoms with E-state index in [1.165, 1.54) is 5.56 Å². The van der Waals surface area contributed by atoms with Crippen LogP contribution >= 0.6 is 0 Å². The van der Waals surface area contributed by atoms with Crippen LogP contribution < -0.4 is 10.1 Å². The van der Waals surface area contributed by atoms with Crippen molar-refractivity contribution in [1.82, 2.24) is 5.32 Å². The highest BCUT2D eigenvalue weighted by Gasteiger charge is 2.06. The second-order valence-electron chi connectivity index (χ2n) is 5.24. The normalized spacial score (nSPS) is 13.1. The number of ether oxygens (including phenoxy) is 1. The van der Waals surface area contributed by atoms with Crippen LogP contribution in [0.1, 0.15) is 40.2 Å². The van der Waals surface area contributed by atoms with Crippen LogP contribution in [-0.2, 0) is 6.42 Å². The number of hydrogen-bond acceptors (Lipinski definition) is 2. The van der Waals surface area contributed by atoms with E-state index < -0.39 is 0 Å². The van der Waals surface area contributed by atoms with Crippen LogP contribution in [0.4, 0.5) is 0 Å². The van der Waals surface area contributed by atoms with Crippen molar-refractivity contribution in [2.75, 3.05) is 0 Å². The molecule has 0 aromatic heterocycles. The lowest BCUT2D eigenvalue weighted by Gasteiger charge is -2.17. The van der Waals surface area contributed by atoms with Gasteiger partial charge in [-0.25, -0.2) is 0 Å². The first-order valence-corrected chi connectivity index (χ1v) is 6.49. The highest BCUT2D eigenvalue weighted by Crippen LogP contribution is 2.16. The summed E-state index contributed by atoms with van der Waals surface area (Å²) in [4.78, 5) is 0. The van der Waals surface area contributed by atoms with Crippen molar-refractivity contribution in [3.63, 3.8) is 0 Å². The lowest BCUT2D eigenvalue weighted by Crippen LogP contribution is -2.33. The van der Waals surface area contributed by atoms with E-state index in [1.54, 1.807) is 0 Å². The van der Waals surface area contributed by atoms with Gasteiger partial charge in [-0.05, 0) is 44.9 Å². The zero-order chi connectivity index (χ0) is 12.8. The molecule has 0 spiro atoms. The predicted octanol–water partition coefficient (Wildman–Crippen LogP) is 3.40. The summed E-state index contributed by atoms with van der Waals surface area (Å²) in [5.41, 5.74) is 1.32. The Morgan fingerprint density at radius 2 is 1.82 bits per heavy atom. The number of nitrogens with one attached hydrogen (secondary N) is 1. The second-order valence-corrected chi connectivity index (χ2v) is 5.24. The Kier molecular flexibility index (Phi) is 5.49. The van der Waals surface area contributed by atoms with Crippen molar-refractivity contribution in [3.8, 4) is 5.75 Å². The van der Waals surface area contributed by atoms with Gasteiger partial charge in [-0.2, -0.15) is 0 Å². The molecule has 2 nitrogen and oxygen atoms in total. The molecule has 0 aliphatic heterocycles. The molecule has 0 bridgehead atoms. The van der Waals surface area contributed by atoms with Gasteiger partial charge in [0.15, 0.2) is 0 Å². The van der Waals surface area contributed by atoms with Crippen LogP contribution in [0.5, 0.6) is 5.75 Å². The number of rotatable bonds is 6. The van der Waals surface area contributed by atoms with Gasteiger partial charge in [0.1, 0.15) is 5.75 Å². The molecule has 0 aliphatic carbocycles. The topological polar surface area (TPSA) is 21.3 Å². The summed E-state index contributed by atoms with van der Waals surface area (Å²) in [6, 6.07) is 9.40. The van der Waals surface area contributed by atoms with Crippen molar-refractivity contribution in [2.24, 2.45) is 0 Å². The van der Waals surface area contributed by atoms with Crippen LogP contribution in [0.2, 0.25) is 0 Å². The van der Waals surface area contributed by atoms with E-state index >= 15 is 0 Å². The zero-order valence-electron chi connectivity index (χ0n) is 11.7. The Labute approximate surface area is 105 Å². The van der Waals surface area contributed by atoms with Crippen molar-refractivity contribution >= 4 is 0 Å². The molecule has 1 N–H and O–H groups in total. The van der Waals surface area contributed by atoms with E-state index in [0.717, 1.165) is 12.2 Å². The smallest absolute Gasteiger partial charge is 0.119 e. The van der Waals surface area contributed by atoms with Crippen LogP contribution in [0.3, 0.4) is 0 Å². The van der Waals surface area contributed by atoms with Crippen LogP contribution in [0.25, 0.3) is 0 Å². The van der Waals surface area contributed by atoms with Gasteiger partial charge in [-0.1, -0.05) is 26.0 Å². The summed E-state index contributed by atoms with van der Waals surface area (Å²) < 4.78 is 5.70. The van der Waals surface area contributed by atoms with Crippen LogP contribution in [0, 0.1) is 0 Å². The van der Waals surface area contributed by atoms with E-state index in [1.807, 2.05) is 6.07 Å². The van der Waals surface area contributed by atoms with Gasteiger partial charge in [0, 0.05) is 12.1 Å². The molecule has 1 rings (SSSR count). The molecule has 1 aromatic carbocycles. The lowest BCUT2D eigenvalue weighted by molar-refractivity contribution is 0.242. The molecule has 1 atom stereocenters. The average Bonchev–Trinajstić information content (AvgIpc) is 2.14. The lowest BCUT2D eigenvalue weighted by atomic mass is 10.1. The Hall–Kier alpha value is -1.02. The SMILES string of the molecule is CC(C)NC(C)Cc1cccc(OC(C)C)c1. The molecule has 0 saturated carbocycles. The maximum Gasteiger partial charge on any atom is 0.119 e. The molecule has 0 saturated heterocycles. The molecular weight excluding hydrogens is 210 g/mol. The fourth-order valence-electron chi connectivity index (χ4n) is 2.00. The summed E-state index contributed by atoms with van der Waals surface area (Å²) in [6.07, 6.45) is 1.27. The van der Waals surface area contributed by atoms with Crippen LogP contribution in [-0.4, -0.2) is 18.2 Å². The van der Waals surface area contributed by atoms with Crippen molar-refractivity contribution in [1.29, 1.82) is 0 Å². The Balaban J connectivity index is 2.59. The maximum absolute atomic E-state index is 5.70. The molecule has 1 unspecified atom stereocenters. The van der Waals surface area contributed by atoms with Crippen molar-refractivity contribution in [3.05, 3.63) is 29.8 Å². The summed E-state index contributed by atoms with van der Waals surface area (Å²) in [7, 11) is 0. The number of benzene rings is 1. The molecule has 0 radical (unpaired) electrons. The minimum Gasteiger partial charge on any atom is -0.491 e. The minimum absolute atomic E-state index is 0.233. The average molecular weight is 235 g/mol. The molecule has 0 amide bonds. The summed E-state index contributed by atoms with van der Waals surface area (Å²) >= 11 is 0. The van der Waals surface area contributed by atoms with E-state index in [2.05, 4.69) is 58.1 Å². The van der Waals surface area contributed by atoms with Gasteiger partial charge in [-0.3, -0.25) is 0 Å². The first-order chi connectivity index (χ1) is 7.97. The van der Waals surface area contributed by atoms with E-state index in [0.29, 0.717) is 12.1 Å². The van der Waals surface area contributed by atoms with Gasteiger partial charge in [0.05, 0.1) is 6.10 Å². The fourth-order valence-corrected chi connectivity index (χ4v) is 2.00. The quantitative estimate of drug-likeness (QED) is 0.816. The molecule has 0 fully saturated rings. The third-order valence-corrected chi connectivity index (χ3v) is 2.43. The van der Waals surface area contributed by atoms with Gasteiger partial charge in [0.2, 0.25) is 0 Å². The Morgan fingerprint density at radius 3 is 2.41 bits per heavy atom. The standard InChI is InChI=1S/C15H25NO/c1-11(2)16-13(5)9-14-7-6-8-15(10-14)17-12(3)4/h6-8,10-13,16H,9H2,1-5H3. The maximum atomic E-state index is 5.70. The van der Waals surface area contributed by atoms with E-state index in [4.69, 9.17) is 4.74 Å². The van der Waals surface area contributed by atoms with Gasteiger partial charge < -0.3 is 10.1 Å². The Bertz CT molecular complexity index is 333. The Morgan fingerprint density at radius 1 is 1.12 bits per heavy atom. The van der Waals surface area contributed by atoms with Crippen molar-refractivity contribution in [2.45, 2.75) is 59.2 Å². The minimum atomic E-state index is 0.233. The largest absolute Gasteiger partial charge is 0.491 e. The molecular formula is C15H25NO. The van der Waals surface area contributed by atoms with E-state index in [9.17, 15) is 0 Å². The third-order valence-electron chi connectivity index (χ3n) is 2.43. The molecule has 2 heteroatoms. The van der Waals surface area contributed by atoms with Crippen LogP contribution in [0.15, 0.2) is 24.3 Å². The first kappa shape index (κ1) is 14.0. The summed E-state index contributed by atoms with van der Waals surface area (Å²) in [6.45, 7) is 10.7. The second kappa shape index (κ2) is 6.65. The fraction of sp³-hybridized carbons (Fsp3) is 0.600. The first-order valence-electron chi connectivity index (χ1n) is 6.49. The highest BCUT2D eigenvalue weighted by atomic mass is 16.5. The number of hydrogen-bond donors (Lipinski definition) is 1. The molecule has 1 aromatic rings. The molecule has 0 aliphatic rings. The summed E-state index contributed by atoms with van der Waals surface area (Å²) in [5.74, 6) is 0.967. The molecule has 96 valence electrons. The van der Waals surface area contributed by atoms with Gasteiger partial charge >= 0.3 is 0 Å². The molecule has 17 heavy (non-hydrogen) atoms. The third kappa shape index (κ3) is 5.73.